The number of carbonyl (C=O) groups excluding carboxylic acids is 1. The van der Waals surface area contributed by atoms with Gasteiger partial charge in [0.2, 0.25) is 0 Å². The number of anilines is 1. The fourth-order valence-electron chi connectivity index (χ4n) is 1.11. The van der Waals surface area contributed by atoms with Crippen LogP contribution in [0.2, 0.25) is 0 Å². The van der Waals surface area contributed by atoms with Gasteiger partial charge in [0.1, 0.15) is 12.1 Å². The smallest absolute Gasteiger partial charge is 0.325 e. The second kappa shape index (κ2) is 6.38. The Morgan fingerprint density at radius 2 is 1.81 bits per heavy atom. The Balaban J connectivity index is 0.00000225. The van der Waals surface area contributed by atoms with Crippen LogP contribution < -0.4 is 5.32 Å². The molecular weight excluding hydrogens is 226 g/mol. The van der Waals surface area contributed by atoms with Crippen molar-refractivity contribution in [3.8, 4) is 0 Å². The van der Waals surface area contributed by atoms with Crippen LogP contribution in [-0.2, 0) is 9.53 Å². The molecule has 0 aromatic heterocycles. The van der Waals surface area contributed by atoms with Crippen LogP contribution in [-0.4, -0.2) is 18.1 Å². The standard InChI is InChI=1S/C12H17NO2.ClH/c1-12(2,3)15-11(14)9-13-10-7-5-4-6-8-10;/h4-8,13H,9H2,1-3H3;1H. The molecule has 0 radical (unpaired) electrons. The highest BCUT2D eigenvalue weighted by Crippen LogP contribution is 2.08. The lowest BCUT2D eigenvalue weighted by atomic mass is 10.2. The molecule has 1 aromatic rings. The largest absolute Gasteiger partial charge is 0.459 e. The van der Waals surface area contributed by atoms with Crippen LogP contribution >= 0.6 is 12.4 Å². The van der Waals surface area contributed by atoms with Gasteiger partial charge in [-0.1, -0.05) is 18.2 Å². The monoisotopic (exact) mass is 243 g/mol. The van der Waals surface area contributed by atoms with E-state index in [0.29, 0.717) is 0 Å². The number of hydrogen-bond acceptors (Lipinski definition) is 3. The van der Waals surface area contributed by atoms with E-state index >= 15 is 0 Å². The molecule has 0 unspecified atom stereocenters. The topological polar surface area (TPSA) is 38.3 Å². The predicted octanol–water partition coefficient (Wildman–Crippen LogP) is 2.86. The van der Waals surface area contributed by atoms with E-state index in [1.165, 1.54) is 0 Å². The third-order valence-corrected chi connectivity index (χ3v) is 1.63. The van der Waals surface area contributed by atoms with Crippen molar-refractivity contribution >= 4 is 24.1 Å². The Morgan fingerprint density at radius 3 is 2.31 bits per heavy atom. The Bertz CT molecular complexity index is 320. The minimum atomic E-state index is -0.421. The van der Waals surface area contributed by atoms with Crippen molar-refractivity contribution in [1.29, 1.82) is 0 Å². The number of ether oxygens (including phenoxy) is 1. The number of halogens is 1. The molecule has 0 aliphatic carbocycles. The summed E-state index contributed by atoms with van der Waals surface area (Å²) in [5, 5.41) is 2.99. The number of rotatable bonds is 3. The minimum absolute atomic E-state index is 0. The maximum absolute atomic E-state index is 11.3. The van der Waals surface area contributed by atoms with Crippen LogP contribution in [0.1, 0.15) is 20.8 Å². The fourth-order valence-corrected chi connectivity index (χ4v) is 1.11. The van der Waals surface area contributed by atoms with Crippen molar-refractivity contribution in [3.63, 3.8) is 0 Å². The molecule has 1 rings (SSSR count). The van der Waals surface area contributed by atoms with Gasteiger partial charge in [-0.15, -0.1) is 12.4 Å². The molecule has 0 amide bonds. The van der Waals surface area contributed by atoms with Gasteiger partial charge in [0.05, 0.1) is 0 Å². The van der Waals surface area contributed by atoms with Gasteiger partial charge >= 0.3 is 5.97 Å². The SMILES string of the molecule is CC(C)(C)OC(=O)CNc1ccccc1.Cl. The summed E-state index contributed by atoms with van der Waals surface area (Å²) in [5.74, 6) is -0.244. The normalized spacial score (nSPS) is 10.2. The third kappa shape index (κ3) is 6.30. The summed E-state index contributed by atoms with van der Waals surface area (Å²) in [5.41, 5.74) is 0.499. The van der Waals surface area contributed by atoms with Crippen LogP contribution in [0.15, 0.2) is 30.3 Å². The maximum atomic E-state index is 11.3. The van der Waals surface area contributed by atoms with Gasteiger partial charge in [0.25, 0.3) is 0 Å². The highest BCUT2D eigenvalue weighted by Gasteiger charge is 2.15. The second-order valence-electron chi connectivity index (χ2n) is 4.31. The van der Waals surface area contributed by atoms with E-state index < -0.39 is 5.60 Å². The van der Waals surface area contributed by atoms with Crippen LogP contribution in [0.25, 0.3) is 0 Å². The number of para-hydroxylation sites is 1. The summed E-state index contributed by atoms with van der Waals surface area (Å²) in [6.45, 7) is 5.76. The summed E-state index contributed by atoms with van der Waals surface area (Å²) in [6.07, 6.45) is 0. The zero-order valence-electron chi connectivity index (χ0n) is 9.82. The molecule has 0 heterocycles. The first-order valence-electron chi connectivity index (χ1n) is 4.98. The number of hydrogen-bond donors (Lipinski definition) is 1. The van der Waals surface area contributed by atoms with Gasteiger partial charge in [-0.3, -0.25) is 4.79 Å². The predicted molar refractivity (Wildman–Crippen MR) is 68.0 cm³/mol. The molecule has 0 atom stereocenters. The number of carbonyl (C=O) groups is 1. The minimum Gasteiger partial charge on any atom is -0.459 e. The molecule has 90 valence electrons. The third-order valence-electron chi connectivity index (χ3n) is 1.63. The molecule has 0 aliphatic rings. The zero-order chi connectivity index (χ0) is 11.3. The lowest BCUT2D eigenvalue weighted by Crippen LogP contribution is -2.28. The van der Waals surface area contributed by atoms with Gasteiger partial charge in [0.15, 0.2) is 0 Å². The molecular formula is C12H18ClNO2. The van der Waals surface area contributed by atoms with Gasteiger partial charge < -0.3 is 10.1 Å². The van der Waals surface area contributed by atoms with E-state index in [2.05, 4.69) is 5.32 Å². The highest BCUT2D eigenvalue weighted by atomic mass is 35.5. The zero-order valence-corrected chi connectivity index (χ0v) is 10.6. The van der Waals surface area contributed by atoms with E-state index in [-0.39, 0.29) is 24.9 Å². The van der Waals surface area contributed by atoms with E-state index in [0.717, 1.165) is 5.69 Å². The summed E-state index contributed by atoms with van der Waals surface area (Å²) >= 11 is 0. The molecule has 0 aliphatic heterocycles. The molecule has 3 nitrogen and oxygen atoms in total. The van der Waals surface area contributed by atoms with Crippen LogP contribution in [0, 0.1) is 0 Å². The van der Waals surface area contributed by atoms with Crippen LogP contribution in [0.4, 0.5) is 5.69 Å². The lowest BCUT2D eigenvalue weighted by molar-refractivity contribution is -0.152. The average molecular weight is 244 g/mol. The van der Waals surface area contributed by atoms with Gasteiger partial charge in [-0.2, -0.15) is 0 Å². The first kappa shape index (κ1) is 14.8. The second-order valence-corrected chi connectivity index (χ2v) is 4.31. The van der Waals surface area contributed by atoms with E-state index in [1.807, 2.05) is 51.1 Å². The number of benzene rings is 1. The Kier molecular flexibility index (Phi) is 5.89. The van der Waals surface area contributed by atoms with Crippen molar-refractivity contribution in [3.05, 3.63) is 30.3 Å². The molecule has 1 N–H and O–H groups in total. The number of nitrogens with one attached hydrogen (secondary N) is 1. The summed E-state index contributed by atoms with van der Waals surface area (Å²) < 4.78 is 5.16. The molecule has 1 aromatic carbocycles. The quantitative estimate of drug-likeness (QED) is 0.830. The molecule has 0 spiro atoms. The average Bonchev–Trinajstić information content (AvgIpc) is 2.14. The van der Waals surface area contributed by atoms with Crippen molar-refractivity contribution in [1.82, 2.24) is 0 Å². The van der Waals surface area contributed by atoms with E-state index in [1.54, 1.807) is 0 Å². The summed E-state index contributed by atoms with van der Waals surface area (Å²) in [6, 6.07) is 9.57. The van der Waals surface area contributed by atoms with Gasteiger partial charge in [-0.05, 0) is 32.9 Å². The highest BCUT2D eigenvalue weighted by molar-refractivity contribution is 5.85. The van der Waals surface area contributed by atoms with Crippen molar-refractivity contribution in [2.45, 2.75) is 26.4 Å². The molecule has 0 saturated heterocycles. The first-order chi connectivity index (χ1) is 6.97. The van der Waals surface area contributed by atoms with E-state index in [4.69, 9.17) is 4.74 Å². The molecule has 4 heteroatoms. The Hall–Kier alpha value is -1.22. The van der Waals surface area contributed by atoms with E-state index in [9.17, 15) is 4.79 Å². The summed E-state index contributed by atoms with van der Waals surface area (Å²) in [7, 11) is 0. The summed E-state index contributed by atoms with van der Waals surface area (Å²) in [4.78, 5) is 11.3. The van der Waals surface area contributed by atoms with Gasteiger partial charge in [-0.25, -0.2) is 0 Å². The van der Waals surface area contributed by atoms with Crippen molar-refractivity contribution in [2.24, 2.45) is 0 Å². The van der Waals surface area contributed by atoms with Gasteiger partial charge in [0, 0.05) is 5.69 Å². The van der Waals surface area contributed by atoms with Crippen molar-refractivity contribution in [2.75, 3.05) is 11.9 Å². The molecule has 0 saturated carbocycles. The molecule has 0 fully saturated rings. The Labute approximate surface area is 103 Å². The maximum Gasteiger partial charge on any atom is 0.325 e. The lowest BCUT2D eigenvalue weighted by Gasteiger charge is -2.19. The van der Waals surface area contributed by atoms with Crippen LogP contribution in [0.5, 0.6) is 0 Å². The molecule has 16 heavy (non-hydrogen) atoms. The van der Waals surface area contributed by atoms with Crippen molar-refractivity contribution < 1.29 is 9.53 Å². The first-order valence-corrected chi connectivity index (χ1v) is 4.98. The molecule has 0 bridgehead atoms. The Morgan fingerprint density at radius 1 is 1.25 bits per heavy atom. The number of esters is 1. The fraction of sp³-hybridized carbons (Fsp3) is 0.417. The van der Waals surface area contributed by atoms with Crippen LogP contribution in [0.3, 0.4) is 0 Å².